The topological polar surface area (TPSA) is 84.3 Å². The molecular weight excluding hydrogens is 497 g/mol. The highest BCUT2D eigenvalue weighted by Crippen LogP contribution is 2.31. The molecule has 3 N–H and O–H groups in total. The van der Waals surface area contributed by atoms with E-state index >= 15 is 0 Å². The van der Waals surface area contributed by atoms with Crippen LogP contribution in [0.25, 0.3) is 0 Å². The maximum Gasteiger partial charge on any atom is 0.191 e. The van der Waals surface area contributed by atoms with Crippen molar-refractivity contribution in [3.05, 3.63) is 53.6 Å². The fourth-order valence-corrected chi connectivity index (χ4v) is 3.28. The zero-order chi connectivity index (χ0) is 20.6. The molecule has 0 saturated heterocycles. The molecule has 2 atom stereocenters. The third-order valence-corrected chi connectivity index (χ3v) is 4.79. The largest absolute Gasteiger partial charge is 0.497 e. The number of hydrogen-bond acceptors (Lipinski definition) is 5. The molecule has 1 aliphatic rings. The zero-order valence-corrected chi connectivity index (χ0v) is 19.9. The number of fused-ring (bicyclic) bond motifs is 1. The van der Waals surface area contributed by atoms with Gasteiger partial charge in [-0.25, -0.2) is 0 Å². The molecule has 2 unspecified atom stereocenters. The van der Waals surface area contributed by atoms with Gasteiger partial charge in [-0.1, -0.05) is 18.2 Å². The van der Waals surface area contributed by atoms with Gasteiger partial charge in [0, 0.05) is 24.6 Å². The third-order valence-electron chi connectivity index (χ3n) is 4.79. The Hall–Kier alpha value is -2.20. The molecule has 1 heterocycles. The Morgan fingerprint density at radius 3 is 2.57 bits per heavy atom. The van der Waals surface area contributed by atoms with Gasteiger partial charge in [-0.15, -0.1) is 24.0 Å². The lowest BCUT2D eigenvalue weighted by Crippen LogP contribution is -2.41. The average Bonchev–Trinajstić information content (AvgIpc) is 2.77. The fourth-order valence-electron chi connectivity index (χ4n) is 3.28. The minimum absolute atomic E-state index is 0. The molecule has 7 nitrogen and oxygen atoms in total. The molecule has 0 saturated carbocycles. The molecule has 0 aromatic heterocycles. The number of rotatable bonds is 7. The Labute approximate surface area is 194 Å². The van der Waals surface area contributed by atoms with E-state index in [4.69, 9.17) is 14.2 Å². The van der Waals surface area contributed by atoms with Gasteiger partial charge in [0.2, 0.25) is 0 Å². The van der Waals surface area contributed by atoms with Crippen LogP contribution in [0.5, 0.6) is 17.2 Å². The number of nitrogens with one attached hydrogen (secondary N) is 2. The number of ether oxygens (including phenoxy) is 3. The van der Waals surface area contributed by atoms with Crippen molar-refractivity contribution in [2.45, 2.75) is 25.5 Å². The quantitative estimate of drug-likeness (QED) is 0.291. The lowest BCUT2D eigenvalue weighted by molar-refractivity contribution is 0.186. The molecule has 8 heteroatoms. The van der Waals surface area contributed by atoms with Gasteiger partial charge >= 0.3 is 0 Å². The molecule has 2 aromatic rings. The first-order valence-electron chi connectivity index (χ1n) is 9.82. The van der Waals surface area contributed by atoms with E-state index in [1.165, 1.54) is 0 Å². The molecule has 30 heavy (non-hydrogen) atoms. The smallest absolute Gasteiger partial charge is 0.191 e. The number of aliphatic hydroxyl groups is 1. The maximum absolute atomic E-state index is 10.6. The number of aliphatic hydroxyl groups excluding tert-OH is 1. The molecule has 0 radical (unpaired) electrons. The van der Waals surface area contributed by atoms with Gasteiger partial charge in [0.25, 0.3) is 0 Å². The van der Waals surface area contributed by atoms with Crippen molar-refractivity contribution in [3.63, 3.8) is 0 Å². The predicted octanol–water partition coefficient (Wildman–Crippen LogP) is 3.43. The molecule has 0 fully saturated rings. The van der Waals surface area contributed by atoms with Crippen LogP contribution in [0.2, 0.25) is 0 Å². The molecule has 2 aromatic carbocycles. The second kappa shape index (κ2) is 11.8. The van der Waals surface area contributed by atoms with E-state index in [0.29, 0.717) is 29.6 Å². The Balaban J connectivity index is 0.00000320. The summed E-state index contributed by atoms with van der Waals surface area (Å²) in [6.07, 6.45) is 0.0632. The normalized spacial score (nSPS) is 16.4. The summed E-state index contributed by atoms with van der Waals surface area (Å²) < 4.78 is 16.3. The molecule has 0 spiro atoms. The number of aliphatic imine (C=N–C) groups is 1. The van der Waals surface area contributed by atoms with E-state index in [1.807, 2.05) is 25.1 Å². The first-order chi connectivity index (χ1) is 14.1. The highest BCUT2D eigenvalue weighted by atomic mass is 127. The summed E-state index contributed by atoms with van der Waals surface area (Å²) >= 11 is 0. The highest BCUT2D eigenvalue weighted by molar-refractivity contribution is 14.0. The number of methoxy groups -OCH3 is 2. The Morgan fingerprint density at radius 2 is 1.90 bits per heavy atom. The van der Waals surface area contributed by atoms with Crippen molar-refractivity contribution in [3.8, 4) is 17.2 Å². The van der Waals surface area contributed by atoms with Gasteiger partial charge in [0.05, 0.1) is 39.5 Å². The van der Waals surface area contributed by atoms with Crippen LogP contribution in [-0.2, 0) is 0 Å². The van der Waals surface area contributed by atoms with Crippen molar-refractivity contribution in [2.75, 3.05) is 33.9 Å². The summed E-state index contributed by atoms with van der Waals surface area (Å²) in [5.41, 5.74) is 1.81. The van der Waals surface area contributed by atoms with Crippen molar-refractivity contribution >= 4 is 29.9 Å². The minimum atomic E-state index is -0.781. The van der Waals surface area contributed by atoms with E-state index in [9.17, 15) is 5.11 Å². The van der Waals surface area contributed by atoms with Crippen LogP contribution in [0.15, 0.2) is 47.5 Å². The third kappa shape index (κ3) is 6.15. The lowest BCUT2D eigenvalue weighted by atomic mass is 10.0. The second-order valence-electron chi connectivity index (χ2n) is 6.75. The molecule has 0 bridgehead atoms. The van der Waals surface area contributed by atoms with Crippen LogP contribution in [0.3, 0.4) is 0 Å². The van der Waals surface area contributed by atoms with Crippen molar-refractivity contribution in [2.24, 2.45) is 4.99 Å². The molecule has 0 amide bonds. The van der Waals surface area contributed by atoms with E-state index < -0.39 is 6.10 Å². The number of halogens is 1. The maximum atomic E-state index is 10.6. The predicted molar refractivity (Wildman–Crippen MR) is 128 cm³/mol. The van der Waals surface area contributed by atoms with Gasteiger partial charge < -0.3 is 30.0 Å². The van der Waals surface area contributed by atoms with Crippen LogP contribution in [-0.4, -0.2) is 45.0 Å². The van der Waals surface area contributed by atoms with Crippen LogP contribution in [0.4, 0.5) is 0 Å². The number of guanidine groups is 1. The summed E-state index contributed by atoms with van der Waals surface area (Å²) in [5.74, 6) is 2.82. The summed E-state index contributed by atoms with van der Waals surface area (Å²) in [4.78, 5) is 4.59. The first-order valence-corrected chi connectivity index (χ1v) is 9.82. The molecule has 3 rings (SSSR count). The van der Waals surface area contributed by atoms with Gasteiger partial charge in [-0.05, 0) is 30.7 Å². The van der Waals surface area contributed by atoms with Crippen molar-refractivity contribution < 1.29 is 19.3 Å². The molecule has 0 aliphatic carbocycles. The monoisotopic (exact) mass is 527 g/mol. The molecular formula is C22H30IN3O4. The fraction of sp³-hybridized carbons (Fsp3) is 0.409. The van der Waals surface area contributed by atoms with Crippen molar-refractivity contribution in [1.82, 2.24) is 10.6 Å². The number of nitrogens with zero attached hydrogens (tertiary/aromatic N) is 1. The van der Waals surface area contributed by atoms with Gasteiger partial charge in [-0.2, -0.15) is 0 Å². The van der Waals surface area contributed by atoms with E-state index in [0.717, 1.165) is 24.3 Å². The summed E-state index contributed by atoms with van der Waals surface area (Å²) in [5, 5.41) is 17.4. The first kappa shape index (κ1) is 24.1. The Morgan fingerprint density at radius 1 is 1.20 bits per heavy atom. The summed E-state index contributed by atoms with van der Waals surface area (Å²) in [7, 11) is 3.17. The van der Waals surface area contributed by atoms with Crippen molar-refractivity contribution in [1.29, 1.82) is 0 Å². The second-order valence-corrected chi connectivity index (χ2v) is 6.75. The summed E-state index contributed by atoms with van der Waals surface area (Å²) in [6.45, 7) is 3.59. The number of benzene rings is 2. The Bertz CT molecular complexity index is 825. The standard InChI is InChI=1S/C22H29N3O4.HI/c1-4-23-22(25-19-9-10-29-21-8-6-5-7-18(19)21)24-14-20(26)15-11-16(27-2)13-17(12-15)28-3;/h5-8,11-13,19-20,26H,4,9-10,14H2,1-3H3,(H2,23,24,25);1H. The van der Waals surface area contributed by atoms with Gasteiger partial charge in [0.1, 0.15) is 17.2 Å². The SMILES string of the molecule is CCNC(=NCC(O)c1cc(OC)cc(OC)c1)NC1CCOc2ccccc21.I. The van der Waals surface area contributed by atoms with E-state index in [-0.39, 0.29) is 36.6 Å². The summed E-state index contributed by atoms with van der Waals surface area (Å²) in [6, 6.07) is 13.5. The van der Waals surface area contributed by atoms with Gasteiger partial charge in [-0.3, -0.25) is 4.99 Å². The van der Waals surface area contributed by atoms with Crippen LogP contribution in [0, 0.1) is 0 Å². The molecule has 1 aliphatic heterocycles. The Kier molecular flexibility index (Phi) is 9.51. The number of hydrogen-bond donors (Lipinski definition) is 3. The number of para-hydroxylation sites is 1. The zero-order valence-electron chi connectivity index (χ0n) is 17.6. The van der Waals surface area contributed by atoms with Crippen LogP contribution >= 0.6 is 24.0 Å². The van der Waals surface area contributed by atoms with E-state index in [2.05, 4.69) is 21.7 Å². The molecule has 164 valence electrons. The minimum Gasteiger partial charge on any atom is -0.497 e. The van der Waals surface area contributed by atoms with Crippen LogP contribution < -0.4 is 24.8 Å². The lowest BCUT2D eigenvalue weighted by Gasteiger charge is -2.28. The average molecular weight is 527 g/mol. The van der Waals surface area contributed by atoms with E-state index in [1.54, 1.807) is 32.4 Å². The van der Waals surface area contributed by atoms with Gasteiger partial charge in [0.15, 0.2) is 5.96 Å². The highest BCUT2D eigenvalue weighted by Gasteiger charge is 2.22. The van der Waals surface area contributed by atoms with Crippen LogP contribution in [0.1, 0.15) is 36.6 Å².